The number of amides is 1. The Kier molecular flexibility index (Phi) is 2.97. The van der Waals surface area contributed by atoms with E-state index >= 15 is 0 Å². The highest BCUT2D eigenvalue weighted by Crippen LogP contribution is 2.35. The summed E-state index contributed by atoms with van der Waals surface area (Å²) in [5.74, 6) is -1.89. The third kappa shape index (κ3) is 2.19. The monoisotopic (exact) mass is 316 g/mol. The first kappa shape index (κ1) is 13.6. The molecule has 3 heterocycles. The second kappa shape index (κ2) is 5.01. The Labute approximate surface area is 128 Å². The van der Waals surface area contributed by atoms with E-state index in [1.807, 2.05) is 0 Å². The lowest BCUT2D eigenvalue weighted by molar-refractivity contribution is 0.0926. The zero-order valence-corrected chi connectivity index (χ0v) is 11.7. The quantitative estimate of drug-likeness (QED) is 0.784. The maximum Gasteiger partial charge on any atom is 0.274 e. The Morgan fingerprint density at radius 2 is 2.04 bits per heavy atom. The third-order valence-corrected chi connectivity index (χ3v) is 3.64. The van der Waals surface area contributed by atoms with Crippen molar-refractivity contribution in [2.75, 3.05) is 6.61 Å². The summed E-state index contributed by atoms with van der Waals surface area (Å²) in [7, 11) is 0. The van der Waals surface area contributed by atoms with Crippen LogP contribution in [-0.4, -0.2) is 26.9 Å². The molecule has 1 aliphatic rings. The summed E-state index contributed by atoms with van der Waals surface area (Å²) in [5, 5.41) is 2.65. The number of hydrogen-bond donors (Lipinski definition) is 1. The van der Waals surface area contributed by atoms with Gasteiger partial charge in [0.2, 0.25) is 0 Å². The zero-order chi connectivity index (χ0) is 16.0. The first-order valence-corrected chi connectivity index (χ1v) is 6.84. The smallest absolute Gasteiger partial charge is 0.274 e. The van der Waals surface area contributed by atoms with E-state index in [0.29, 0.717) is 5.65 Å². The highest BCUT2D eigenvalue weighted by atomic mass is 19.1. The topological polar surface area (TPSA) is 68.5 Å². The van der Waals surface area contributed by atoms with Gasteiger partial charge in [-0.3, -0.25) is 4.79 Å². The Morgan fingerprint density at radius 1 is 1.26 bits per heavy atom. The van der Waals surface area contributed by atoms with Gasteiger partial charge in [0.05, 0.1) is 11.6 Å². The number of rotatable bonds is 2. The summed E-state index contributed by atoms with van der Waals surface area (Å²) in [6.45, 7) is 0.0268. The Hall–Kier alpha value is -3.03. The van der Waals surface area contributed by atoms with E-state index in [0.717, 1.165) is 12.1 Å². The van der Waals surface area contributed by atoms with Crippen molar-refractivity contribution < 1.29 is 18.3 Å². The van der Waals surface area contributed by atoms with E-state index in [1.54, 1.807) is 23.0 Å². The molecular formula is C15H10F2N4O2. The van der Waals surface area contributed by atoms with Gasteiger partial charge in [-0.2, -0.15) is 0 Å². The summed E-state index contributed by atoms with van der Waals surface area (Å²) in [6.07, 6.45) is 6.36. The van der Waals surface area contributed by atoms with E-state index < -0.39 is 23.6 Å². The van der Waals surface area contributed by atoms with Gasteiger partial charge in [0.25, 0.3) is 5.91 Å². The zero-order valence-electron chi connectivity index (χ0n) is 11.7. The van der Waals surface area contributed by atoms with Crippen molar-refractivity contribution in [3.63, 3.8) is 0 Å². The molecule has 6 nitrogen and oxygen atoms in total. The van der Waals surface area contributed by atoms with Crippen LogP contribution in [0.1, 0.15) is 22.1 Å². The van der Waals surface area contributed by atoms with Crippen molar-refractivity contribution in [3.05, 3.63) is 59.8 Å². The van der Waals surface area contributed by atoms with Crippen LogP contribution in [-0.2, 0) is 0 Å². The molecule has 0 bridgehead atoms. The second-order valence-electron chi connectivity index (χ2n) is 5.07. The van der Waals surface area contributed by atoms with E-state index in [1.165, 1.54) is 6.20 Å². The molecule has 4 rings (SSSR count). The normalized spacial score (nSPS) is 16.2. The van der Waals surface area contributed by atoms with Gasteiger partial charge in [0.15, 0.2) is 11.3 Å². The van der Waals surface area contributed by atoms with Crippen LogP contribution in [0.15, 0.2) is 36.9 Å². The number of fused-ring (bicyclic) bond motifs is 2. The molecule has 0 aliphatic carbocycles. The lowest BCUT2D eigenvalue weighted by Crippen LogP contribution is -2.31. The minimum absolute atomic E-state index is 0.0268. The van der Waals surface area contributed by atoms with Crippen LogP contribution in [0.4, 0.5) is 8.78 Å². The Balaban J connectivity index is 1.66. The minimum Gasteiger partial charge on any atom is -0.490 e. The molecule has 1 unspecified atom stereocenters. The van der Waals surface area contributed by atoms with E-state index in [4.69, 9.17) is 4.74 Å². The van der Waals surface area contributed by atoms with Gasteiger partial charge >= 0.3 is 0 Å². The lowest BCUT2D eigenvalue weighted by atomic mass is 10.1. The maximum absolute atomic E-state index is 14.0. The van der Waals surface area contributed by atoms with Gasteiger partial charge in [0.1, 0.15) is 24.0 Å². The van der Waals surface area contributed by atoms with E-state index in [9.17, 15) is 13.6 Å². The molecule has 1 aliphatic heterocycles. The second-order valence-corrected chi connectivity index (χ2v) is 5.07. The molecule has 1 amide bonds. The highest BCUT2D eigenvalue weighted by Gasteiger charge is 2.31. The van der Waals surface area contributed by atoms with Crippen LogP contribution in [0.3, 0.4) is 0 Å². The van der Waals surface area contributed by atoms with Crippen LogP contribution in [0.25, 0.3) is 5.65 Å². The van der Waals surface area contributed by atoms with Crippen molar-refractivity contribution in [3.8, 4) is 5.75 Å². The standard InChI is InChI=1S/C15H10F2N4O2/c16-8-5-9(17)12-10(7-23-11(12)6-8)20-15(22)13-14-19-2-4-21(14)3-1-18-13/h1-6,10H,7H2,(H,20,22). The number of aromatic nitrogens is 3. The van der Waals surface area contributed by atoms with E-state index in [2.05, 4.69) is 15.3 Å². The molecule has 23 heavy (non-hydrogen) atoms. The summed E-state index contributed by atoms with van der Waals surface area (Å²) in [6, 6.07) is 1.15. The molecule has 1 atom stereocenters. The Morgan fingerprint density at radius 3 is 2.87 bits per heavy atom. The fraction of sp³-hybridized carbons (Fsp3) is 0.133. The molecule has 3 aromatic rings. The number of nitrogens with zero attached hydrogens (tertiary/aromatic N) is 3. The number of imidazole rings is 1. The third-order valence-electron chi connectivity index (χ3n) is 3.64. The van der Waals surface area contributed by atoms with Gasteiger partial charge in [-0.05, 0) is 0 Å². The molecule has 0 fully saturated rings. The summed E-state index contributed by atoms with van der Waals surface area (Å²) >= 11 is 0. The number of carbonyl (C=O) groups excluding carboxylic acids is 1. The fourth-order valence-corrected chi connectivity index (χ4v) is 2.63. The molecule has 0 spiro atoms. The average Bonchev–Trinajstić information content (AvgIpc) is 3.13. The van der Waals surface area contributed by atoms with Gasteiger partial charge in [-0.25, -0.2) is 18.7 Å². The first-order valence-electron chi connectivity index (χ1n) is 6.84. The van der Waals surface area contributed by atoms with Gasteiger partial charge in [0, 0.05) is 36.9 Å². The van der Waals surface area contributed by atoms with Crippen molar-refractivity contribution in [1.82, 2.24) is 19.7 Å². The number of halogens is 2. The minimum atomic E-state index is -0.755. The molecule has 0 radical (unpaired) electrons. The summed E-state index contributed by atoms with van der Waals surface area (Å²) in [4.78, 5) is 20.5. The molecule has 2 aromatic heterocycles. The molecule has 116 valence electrons. The first-order chi connectivity index (χ1) is 11.1. The number of benzene rings is 1. The van der Waals surface area contributed by atoms with Crippen molar-refractivity contribution in [2.45, 2.75) is 6.04 Å². The van der Waals surface area contributed by atoms with Gasteiger partial charge < -0.3 is 14.5 Å². The maximum atomic E-state index is 14.0. The molecule has 0 saturated heterocycles. The van der Waals surface area contributed by atoms with Gasteiger partial charge in [-0.15, -0.1) is 0 Å². The van der Waals surface area contributed by atoms with Crippen LogP contribution in [0.2, 0.25) is 0 Å². The van der Waals surface area contributed by atoms with E-state index in [-0.39, 0.29) is 23.6 Å². The van der Waals surface area contributed by atoms with Gasteiger partial charge in [-0.1, -0.05) is 0 Å². The van der Waals surface area contributed by atoms with Crippen LogP contribution < -0.4 is 10.1 Å². The highest BCUT2D eigenvalue weighted by molar-refractivity contribution is 5.98. The lowest BCUT2D eigenvalue weighted by Gasteiger charge is -2.12. The van der Waals surface area contributed by atoms with Crippen molar-refractivity contribution in [1.29, 1.82) is 0 Å². The largest absolute Gasteiger partial charge is 0.490 e. The molecule has 1 N–H and O–H groups in total. The SMILES string of the molecule is O=C(NC1COc2cc(F)cc(F)c21)c1nccn2ccnc12. The summed E-state index contributed by atoms with van der Waals surface area (Å²) in [5.41, 5.74) is 0.646. The molecule has 8 heteroatoms. The van der Waals surface area contributed by atoms with Crippen molar-refractivity contribution in [2.24, 2.45) is 0 Å². The average molecular weight is 316 g/mol. The molecular weight excluding hydrogens is 306 g/mol. The number of hydrogen-bond acceptors (Lipinski definition) is 4. The van der Waals surface area contributed by atoms with Crippen molar-refractivity contribution >= 4 is 11.6 Å². The summed E-state index contributed by atoms with van der Waals surface area (Å²) < 4.78 is 34.0. The predicted octanol–water partition coefficient (Wildman–Crippen LogP) is 1.87. The molecule has 0 saturated carbocycles. The predicted molar refractivity (Wildman–Crippen MR) is 75.0 cm³/mol. The van der Waals surface area contributed by atoms with Crippen LogP contribution in [0.5, 0.6) is 5.75 Å². The van der Waals surface area contributed by atoms with Crippen LogP contribution >= 0.6 is 0 Å². The fourth-order valence-electron chi connectivity index (χ4n) is 2.63. The number of carbonyl (C=O) groups is 1. The number of ether oxygens (including phenoxy) is 1. The Bertz CT molecular complexity index is 925. The van der Waals surface area contributed by atoms with Crippen LogP contribution in [0, 0.1) is 11.6 Å². The molecule has 1 aromatic carbocycles. The number of nitrogens with one attached hydrogen (secondary N) is 1.